The number of rotatable bonds is 4. The highest BCUT2D eigenvalue weighted by Gasteiger charge is 2.42. The lowest BCUT2D eigenvalue weighted by molar-refractivity contribution is -0.131. The third kappa shape index (κ3) is 4.12. The first-order valence-electron chi connectivity index (χ1n) is 9.83. The lowest BCUT2D eigenvalue weighted by atomic mass is 9.79. The van der Waals surface area contributed by atoms with Crippen molar-refractivity contribution in [1.29, 1.82) is 0 Å². The van der Waals surface area contributed by atoms with Crippen molar-refractivity contribution < 1.29 is 9.53 Å². The van der Waals surface area contributed by atoms with E-state index in [0.29, 0.717) is 0 Å². The first-order valence-corrected chi connectivity index (χ1v) is 9.83. The summed E-state index contributed by atoms with van der Waals surface area (Å²) in [5.41, 5.74) is 6.00. The highest BCUT2D eigenvalue weighted by molar-refractivity contribution is 5.79. The van der Waals surface area contributed by atoms with E-state index < -0.39 is 0 Å². The van der Waals surface area contributed by atoms with Crippen LogP contribution in [0.25, 0.3) is 0 Å². The zero-order chi connectivity index (χ0) is 17.2. The van der Waals surface area contributed by atoms with E-state index in [1.54, 1.807) is 0 Å². The molecule has 1 aliphatic heterocycles. The van der Waals surface area contributed by atoms with E-state index in [-0.39, 0.29) is 29.0 Å². The molecule has 0 aromatic rings. The number of ether oxygens (including phenoxy) is 1. The quantitative estimate of drug-likeness (QED) is 0.824. The first kappa shape index (κ1) is 18.2. The molecule has 5 nitrogen and oxygen atoms in total. The van der Waals surface area contributed by atoms with Crippen LogP contribution in [0.5, 0.6) is 0 Å². The van der Waals surface area contributed by atoms with Crippen LogP contribution in [0.15, 0.2) is 0 Å². The van der Waals surface area contributed by atoms with Crippen LogP contribution < -0.4 is 11.1 Å². The molecule has 2 aliphatic carbocycles. The Morgan fingerprint density at radius 2 is 2.00 bits per heavy atom. The highest BCUT2D eigenvalue weighted by Crippen LogP contribution is 2.36. The van der Waals surface area contributed by atoms with Crippen molar-refractivity contribution in [2.45, 2.75) is 82.4 Å². The summed E-state index contributed by atoms with van der Waals surface area (Å²) in [6, 6.07) is 0.212. The average molecular weight is 338 g/mol. The standard InChI is InChI=1S/C19H35N3O2/c1-18(2)14-22(10-11-24-18)19(8-4-3-5-9-19)13-21-17(23)15-6-7-16(20)12-15/h15-16H,3-14,20H2,1-2H3,(H,21,23). The van der Waals surface area contributed by atoms with E-state index >= 15 is 0 Å². The number of carbonyl (C=O) groups is 1. The fourth-order valence-corrected chi connectivity index (χ4v) is 4.89. The molecule has 2 saturated carbocycles. The molecule has 1 amide bonds. The second kappa shape index (κ2) is 7.30. The highest BCUT2D eigenvalue weighted by atomic mass is 16.5. The second-order valence-corrected chi connectivity index (χ2v) is 8.80. The first-order chi connectivity index (χ1) is 11.4. The van der Waals surface area contributed by atoms with Crippen LogP contribution >= 0.6 is 0 Å². The molecule has 0 spiro atoms. The Bertz CT molecular complexity index is 446. The summed E-state index contributed by atoms with van der Waals surface area (Å²) >= 11 is 0. The molecule has 2 unspecified atom stereocenters. The third-order valence-corrected chi connectivity index (χ3v) is 6.32. The smallest absolute Gasteiger partial charge is 0.223 e. The Morgan fingerprint density at radius 1 is 1.25 bits per heavy atom. The monoisotopic (exact) mass is 337 g/mol. The molecule has 0 aromatic carbocycles. The normalized spacial score (nSPS) is 33.3. The van der Waals surface area contributed by atoms with Crippen LogP contribution in [0.4, 0.5) is 0 Å². The van der Waals surface area contributed by atoms with Crippen LogP contribution in [0.3, 0.4) is 0 Å². The van der Waals surface area contributed by atoms with Gasteiger partial charge in [-0.15, -0.1) is 0 Å². The van der Waals surface area contributed by atoms with Crippen LogP contribution in [0, 0.1) is 5.92 Å². The van der Waals surface area contributed by atoms with E-state index in [2.05, 4.69) is 24.1 Å². The van der Waals surface area contributed by atoms with Gasteiger partial charge in [0.25, 0.3) is 0 Å². The molecule has 0 bridgehead atoms. The van der Waals surface area contributed by atoms with Gasteiger partial charge in [0, 0.05) is 37.1 Å². The van der Waals surface area contributed by atoms with Crippen molar-refractivity contribution in [2.75, 3.05) is 26.2 Å². The van der Waals surface area contributed by atoms with Gasteiger partial charge in [-0.1, -0.05) is 19.3 Å². The van der Waals surface area contributed by atoms with Gasteiger partial charge in [-0.3, -0.25) is 9.69 Å². The number of hydrogen-bond donors (Lipinski definition) is 2. The van der Waals surface area contributed by atoms with Crippen molar-refractivity contribution in [2.24, 2.45) is 11.7 Å². The van der Waals surface area contributed by atoms with Crippen molar-refractivity contribution in [1.82, 2.24) is 10.2 Å². The van der Waals surface area contributed by atoms with Crippen molar-refractivity contribution in [3.8, 4) is 0 Å². The summed E-state index contributed by atoms with van der Waals surface area (Å²) < 4.78 is 5.91. The maximum atomic E-state index is 12.6. The topological polar surface area (TPSA) is 67.6 Å². The molecule has 1 saturated heterocycles. The fourth-order valence-electron chi connectivity index (χ4n) is 4.89. The van der Waals surface area contributed by atoms with Gasteiger partial charge in [0.05, 0.1) is 12.2 Å². The largest absolute Gasteiger partial charge is 0.373 e. The molecule has 3 aliphatic rings. The summed E-state index contributed by atoms with van der Waals surface area (Å²) in [4.78, 5) is 15.2. The predicted octanol–water partition coefficient (Wildman–Crippen LogP) is 2.04. The molecule has 5 heteroatoms. The van der Waals surface area contributed by atoms with Gasteiger partial charge < -0.3 is 15.8 Å². The lowest BCUT2D eigenvalue weighted by Gasteiger charge is -2.51. The van der Waals surface area contributed by atoms with Gasteiger partial charge in [-0.05, 0) is 46.0 Å². The minimum absolute atomic E-state index is 0.0923. The summed E-state index contributed by atoms with van der Waals surface area (Å²) in [7, 11) is 0. The molecule has 3 rings (SSSR count). The molecule has 3 fully saturated rings. The van der Waals surface area contributed by atoms with Crippen LogP contribution in [0.1, 0.15) is 65.2 Å². The third-order valence-electron chi connectivity index (χ3n) is 6.32. The maximum absolute atomic E-state index is 12.6. The number of morpholine rings is 1. The van der Waals surface area contributed by atoms with Gasteiger partial charge in [0.15, 0.2) is 0 Å². The summed E-state index contributed by atoms with van der Waals surface area (Å²) in [6.07, 6.45) is 9.01. The number of hydrogen-bond acceptors (Lipinski definition) is 4. The number of nitrogens with two attached hydrogens (primary N) is 1. The van der Waals surface area contributed by atoms with E-state index in [9.17, 15) is 4.79 Å². The van der Waals surface area contributed by atoms with Crippen molar-refractivity contribution in [3.05, 3.63) is 0 Å². The molecule has 2 atom stereocenters. The van der Waals surface area contributed by atoms with Crippen LogP contribution in [0.2, 0.25) is 0 Å². The Hall–Kier alpha value is -0.650. The van der Waals surface area contributed by atoms with E-state index in [4.69, 9.17) is 10.5 Å². The predicted molar refractivity (Wildman–Crippen MR) is 95.7 cm³/mol. The maximum Gasteiger partial charge on any atom is 0.223 e. The molecular weight excluding hydrogens is 302 g/mol. The van der Waals surface area contributed by atoms with Gasteiger partial charge in [0.1, 0.15) is 0 Å². The van der Waals surface area contributed by atoms with Crippen LogP contribution in [-0.4, -0.2) is 54.2 Å². The number of amides is 1. The molecule has 24 heavy (non-hydrogen) atoms. The zero-order valence-corrected chi connectivity index (χ0v) is 15.5. The zero-order valence-electron chi connectivity index (χ0n) is 15.5. The van der Waals surface area contributed by atoms with Gasteiger partial charge in [-0.25, -0.2) is 0 Å². The molecular formula is C19H35N3O2. The van der Waals surface area contributed by atoms with E-state index in [1.807, 2.05) is 0 Å². The number of carbonyl (C=O) groups excluding carboxylic acids is 1. The van der Waals surface area contributed by atoms with E-state index in [0.717, 1.165) is 45.5 Å². The minimum atomic E-state index is -0.0923. The summed E-state index contributed by atoms with van der Waals surface area (Å²) in [6.45, 7) is 7.86. The summed E-state index contributed by atoms with van der Waals surface area (Å²) in [5, 5.41) is 3.30. The molecule has 3 N–H and O–H groups in total. The van der Waals surface area contributed by atoms with E-state index in [1.165, 1.54) is 32.1 Å². The second-order valence-electron chi connectivity index (χ2n) is 8.80. The van der Waals surface area contributed by atoms with Gasteiger partial charge >= 0.3 is 0 Å². The number of nitrogens with one attached hydrogen (secondary N) is 1. The van der Waals surface area contributed by atoms with Crippen molar-refractivity contribution in [3.63, 3.8) is 0 Å². The average Bonchev–Trinajstić information content (AvgIpc) is 2.99. The van der Waals surface area contributed by atoms with Gasteiger partial charge in [-0.2, -0.15) is 0 Å². The fraction of sp³-hybridized carbons (Fsp3) is 0.947. The molecule has 0 aromatic heterocycles. The Kier molecular flexibility index (Phi) is 5.52. The Morgan fingerprint density at radius 3 is 2.62 bits per heavy atom. The molecule has 1 heterocycles. The molecule has 138 valence electrons. The lowest BCUT2D eigenvalue weighted by Crippen LogP contribution is -2.63. The summed E-state index contributed by atoms with van der Waals surface area (Å²) in [5.74, 6) is 0.349. The van der Waals surface area contributed by atoms with Crippen molar-refractivity contribution >= 4 is 5.91 Å². The number of nitrogens with zero attached hydrogens (tertiary/aromatic N) is 1. The minimum Gasteiger partial charge on any atom is -0.373 e. The molecule has 0 radical (unpaired) electrons. The SMILES string of the molecule is CC1(C)CN(C2(CNC(=O)C3CCC(N)C3)CCCCC2)CCO1. The Balaban J connectivity index is 1.64. The van der Waals surface area contributed by atoms with Gasteiger partial charge in [0.2, 0.25) is 5.91 Å². The Labute approximate surface area is 146 Å². The van der Waals surface area contributed by atoms with Crippen LogP contribution in [-0.2, 0) is 9.53 Å².